The first-order chi connectivity index (χ1) is 7.09. The van der Waals surface area contributed by atoms with Crippen LogP contribution in [0.15, 0.2) is 11.4 Å². The molecule has 0 aromatic carbocycles. The number of fused-ring (bicyclic) bond motifs is 1. The van der Waals surface area contributed by atoms with E-state index in [4.69, 9.17) is 4.74 Å². The summed E-state index contributed by atoms with van der Waals surface area (Å²) < 4.78 is 3.74. The second-order valence-electron chi connectivity index (χ2n) is 3.56. The molecule has 1 aliphatic rings. The minimum absolute atomic E-state index is 0.410. The van der Waals surface area contributed by atoms with Gasteiger partial charge in [-0.2, -0.15) is 0 Å². The van der Waals surface area contributed by atoms with E-state index in [1.54, 1.807) is 11.3 Å². The van der Waals surface area contributed by atoms with Crippen LogP contribution in [0.1, 0.15) is 23.0 Å². The lowest BCUT2D eigenvalue weighted by Gasteiger charge is -2.33. The summed E-state index contributed by atoms with van der Waals surface area (Å²) in [5.74, 6) is -0.410. The summed E-state index contributed by atoms with van der Waals surface area (Å²) in [5.41, 5.74) is 0.841. The van der Waals surface area contributed by atoms with Gasteiger partial charge in [-0.25, -0.2) is 0 Å². The first-order valence-electron chi connectivity index (χ1n) is 4.61. The maximum Gasteiger partial charge on any atom is 0.325 e. The highest BCUT2D eigenvalue weighted by Crippen LogP contribution is 2.45. The normalized spacial score (nSPS) is 29.7. The molecule has 1 aliphatic carbocycles. The average Bonchev–Trinajstić information content (AvgIpc) is 2.71. The highest BCUT2D eigenvalue weighted by molar-refractivity contribution is 9.10. The predicted molar refractivity (Wildman–Crippen MR) is 61.3 cm³/mol. The summed E-state index contributed by atoms with van der Waals surface area (Å²) in [6.45, 7) is 0. The zero-order valence-corrected chi connectivity index (χ0v) is 10.6. The van der Waals surface area contributed by atoms with Crippen molar-refractivity contribution < 1.29 is 14.6 Å². The van der Waals surface area contributed by atoms with Gasteiger partial charge in [-0.1, -0.05) is 15.9 Å². The SMILES string of the molecule is COC(=O)C1(Br)CCc2sccc2C1O. The van der Waals surface area contributed by atoms with Crippen LogP contribution in [0.3, 0.4) is 0 Å². The van der Waals surface area contributed by atoms with E-state index in [1.807, 2.05) is 11.4 Å². The number of ether oxygens (including phenoxy) is 1. The number of carbonyl (C=O) groups excluding carboxylic acids is 1. The van der Waals surface area contributed by atoms with Crippen LogP contribution < -0.4 is 0 Å². The van der Waals surface area contributed by atoms with Crippen molar-refractivity contribution in [1.29, 1.82) is 0 Å². The summed E-state index contributed by atoms with van der Waals surface area (Å²) >= 11 is 4.94. The van der Waals surface area contributed by atoms with Gasteiger partial charge in [0, 0.05) is 4.88 Å². The van der Waals surface area contributed by atoms with E-state index >= 15 is 0 Å². The van der Waals surface area contributed by atoms with E-state index in [9.17, 15) is 9.90 Å². The molecule has 0 spiro atoms. The number of esters is 1. The Kier molecular flexibility index (Phi) is 2.87. The van der Waals surface area contributed by atoms with E-state index in [1.165, 1.54) is 7.11 Å². The standard InChI is InChI=1S/C10H11BrO3S/c1-14-9(13)10(11)4-2-7-6(8(10)12)3-5-15-7/h3,5,8,12H,2,4H2,1H3. The zero-order chi connectivity index (χ0) is 11.1. The monoisotopic (exact) mass is 290 g/mol. The van der Waals surface area contributed by atoms with Crippen LogP contribution in [0, 0.1) is 0 Å². The summed E-state index contributed by atoms with van der Waals surface area (Å²) in [7, 11) is 1.33. The molecule has 1 heterocycles. The van der Waals surface area contributed by atoms with Gasteiger partial charge in [-0.3, -0.25) is 4.79 Å². The van der Waals surface area contributed by atoms with Crippen LogP contribution in [0.25, 0.3) is 0 Å². The number of alkyl halides is 1. The minimum atomic E-state index is -0.976. The van der Waals surface area contributed by atoms with Gasteiger partial charge in [0.1, 0.15) is 6.10 Å². The smallest absolute Gasteiger partial charge is 0.325 e. The Hall–Kier alpha value is -0.390. The molecule has 1 aromatic rings. The number of rotatable bonds is 1. The van der Waals surface area contributed by atoms with Gasteiger partial charge in [0.05, 0.1) is 7.11 Å². The Morgan fingerprint density at radius 1 is 1.80 bits per heavy atom. The Labute approximate surface area is 100 Å². The number of methoxy groups -OCH3 is 1. The molecule has 0 radical (unpaired) electrons. The third-order valence-corrected chi connectivity index (χ3v) is 4.90. The van der Waals surface area contributed by atoms with E-state index in [0.29, 0.717) is 6.42 Å². The van der Waals surface area contributed by atoms with Crippen molar-refractivity contribution in [3.05, 3.63) is 21.9 Å². The summed E-state index contributed by atoms with van der Waals surface area (Å²) in [6, 6.07) is 1.86. The van der Waals surface area contributed by atoms with Crippen molar-refractivity contribution in [2.24, 2.45) is 0 Å². The highest BCUT2D eigenvalue weighted by atomic mass is 79.9. The topological polar surface area (TPSA) is 46.5 Å². The number of carbonyl (C=O) groups is 1. The van der Waals surface area contributed by atoms with Gasteiger partial charge >= 0.3 is 5.97 Å². The van der Waals surface area contributed by atoms with Crippen LogP contribution in [-0.2, 0) is 16.0 Å². The fraction of sp³-hybridized carbons (Fsp3) is 0.500. The van der Waals surface area contributed by atoms with Gasteiger partial charge in [-0.05, 0) is 29.9 Å². The van der Waals surface area contributed by atoms with E-state index in [-0.39, 0.29) is 0 Å². The molecule has 15 heavy (non-hydrogen) atoms. The number of thiophene rings is 1. The molecule has 2 atom stereocenters. The largest absolute Gasteiger partial charge is 0.468 e. The molecule has 0 aliphatic heterocycles. The van der Waals surface area contributed by atoms with E-state index < -0.39 is 16.4 Å². The lowest BCUT2D eigenvalue weighted by atomic mass is 9.85. The number of aliphatic hydroxyl groups excluding tert-OH is 1. The molecule has 5 heteroatoms. The Balaban J connectivity index is 2.37. The molecule has 1 aromatic heterocycles. The third-order valence-electron chi connectivity index (χ3n) is 2.75. The molecule has 1 N–H and O–H groups in total. The fourth-order valence-corrected chi connectivity index (χ4v) is 3.38. The molecule has 2 unspecified atom stereocenters. The molecule has 0 fully saturated rings. The second-order valence-corrected chi connectivity index (χ2v) is 5.97. The number of halogens is 1. The molecule has 0 bridgehead atoms. The van der Waals surface area contributed by atoms with Crippen LogP contribution in [0.2, 0.25) is 0 Å². The first-order valence-corrected chi connectivity index (χ1v) is 6.28. The molecule has 3 nitrogen and oxygen atoms in total. The first kappa shape index (κ1) is 11.1. The number of hydrogen-bond donors (Lipinski definition) is 1. The predicted octanol–water partition coefficient (Wildman–Crippen LogP) is 2.03. The van der Waals surface area contributed by atoms with E-state index in [0.717, 1.165) is 16.9 Å². The zero-order valence-electron chi connectivity index (χ0n) is 8.20. The van der Waals surface area contributed by atoms with Crippen molar-refractivity contribution in [2.45, 2.75) is 23.3 Å². The number of aliphatic hydroxyl groups is 1. The third kappa shape index (κ3) is 1.62. The molecule has 0 amide bonds. The lowest BCUT2D eigenvalue weighted by Crippen LogP contribution is -2.42. The number of hydrogen-bond acceptors (Lipinski definition) is 4. The van der Waals surface area contributed by atoms with Gasteiger partial charge in [0.15, 0.2) is 4.32 Å². The second kappa shape index (κ2) is 3.88. The highest BCUT2D eigenvalue weighted by Gasteiger charge is 2.48. The van der Waals surface area contributed by atoms with Gasteiger partial charge in [0.2, 0.25) is 0 Å². The summed E-state index contributed by atoms with van der Waals surface area (Å²) in [5, 5.41) is 12.1. The summed E-state index contributed by atoms with van der Waals surface area (Å²) in [6.07, 6.45) is 0.540. The molecule has 0 saturated heterocycles. The quantitative estimate of drug-likeness (QED) is 0.636. The van der Waals surface area contributed by atoms with Crippen molar-refractivity contribution in [3.63, 3.8) is 0 Å². The Morgan fingerprint density at radius 3 is 3.20 bits per heavy atom. The van der Waals surface area contributed by atoms with Gasteiger partial charge in [-0.15, -0.1) is 11.3 Å². The molecule has 82 valence electrons. The molecule has 2 rings (SSSR count). The minimum Gasteiger partial charge on any atom is -0.468 e. The Morgan fingerprint density at radius 2 is 2.53 bits per heavy atom. The van der Waals surface area contributed by atoms with Crippen LogP contribution >= 0.6 is 27.3 Å². The molecular weight excluding hydrogens is 280 g/mol. The van der Waals surface area contributed by atoms with Gasteiger partial charge < -0.3 is 9.84 Å². The maximum atomic E-state index is 11.6. The van der Waals surface area contributed by atoms with Crippen molar-refractivity contribution in [1.82, 2.24) is 0 Å². The van der Waals surface area contributed by atoms with Gasteiger partial charge in [0.25, 0.3) is 0 Å². The van der Waals surface area contributed by atoms with E-state index in [2.05, 4.69) is 15.9 Å². The Bertz CT molecular complexity index is 390. The average molecular weight is 291 g/mol. The van der Waals surface area contributed by atoms with Crippen molar-refractivity contribution in [2.75, 3.05) is 7.11 Å². The maximum absolute atomic E-state index is 11.6. The lowest BCUT2D eigenvalue weighted by molar-refractivity contribution is -0.147. The van der Waals surface area contributed by atoms with Crippen LogP contribution in [0.4, 0.5) is 0 Å². The molecular formula is C10H11BrO3S. The van der Waals surface area contributed by atoms with Crippen LogP contribution in [0.5, 0.6) is 0 Å². The molecule has 0 saturated carbocycles. The van der Waals surface area contributed by atoms with Crippen LogP contribution in [-0.4, -0.2) is 22.5 Å². The summed E-state index contributed by atoms with van der Waals surface area (Å²) in [4.78, 5) is 12.8. The fourth-order valence-electron chi connectivity index (χ4n) is 1.86. The number of aryl methyl sites for hydroxylation is 1. The van der Waals surface area contributed by atoms with Crippen molar-refractivity contribution >= 4 is 33.2 Å². The van der Waals surface area contributed by atoms with Crippen molar-refractivity contribution in [3.8, 4) is 0 Å².